The molecular weight excluding hydrogens is 104 g/mol. The Morgan fingerprint density at radius 2 is 2.38 bits per heavy atom. The van der Waals surface area contributed by atoms with E-state index in [2.05, 4.69) is 5.32 Å². The van der Waals surface area contributed by atoms with Crippen LogP contribution in [-0.4, -0.2) is 18.5 Å². The minimum absolute atomic E-state index is 0.128. The van der Waals surface area contributed by atoms with Crippen molar-refractivity contribution in [1.82, 2.24) is 11.1 Å². The van der Waals surface area contributed by atoms with Crippen LogP contribution in [0.25, 0.3) is 0 Å². The minimum Gasteiger partial charge on any atom is -0.352 e. The Morgan fingerprint density at radius 3 is 2.75 bits per heavy atom. The van der Waals surface area contributed by atoms with Gasteiger partial charge < -0.3 is 5.32 Å². The summed E-state index contributed by atoms with van der Waals surface area (Å²) in [5.41, 5.74) is 6.62. The summed E-state index contributed by atoms with van der Waals surface area (Å²) in [5.74, 6) is -0.146. The first kappa shape index (κ1) is 5.56. The zero-order valence-electron chi connectivity index (χ0n) is 4.61. The Balaban J connectivity index is 2.07. The molecule has 3 nitrogen and oxygen atoms in total. The number of nitrogens with one attached hydrogen (secondary N) is 2. The van der Waals surface area contributed by atoms with Crippen molar-refractivity contribution in [3.63, 3.8) is 0 Å². The van der Waals surface area contributed by atoms with Crippen molar-refractivity contribution in [3.05, 3.63) is 0 Å². The Hall–Kier alpha value is -0.570. The highest BCUT2D eigenvalue weighted by atomic mass is 16.1. The van der Waals surface area contributed by atoms with Gasteiger partial charge in [0.1, 0.15) is 0 Å². The van der Waals surface area contributed by atoms with E-state index < -0.39 is 0 Å². The first-order valence-corrected chi connectivity index (χ1v) is 2.77. The van der Waals surface area contributed by atoms with E-state index >= 15 is 0 Å². The van der Waals surface area contributed by atoms with E-state index in [0.29, 0.717) is 6.04 Å². The summed E-state index contributed by atoms with van der Waals surface area (Å²) < 4.78 is 0. The SMILES string of the molecule is [NH]CC(=O)NC1CC1. The third-order valence-corrected chi connectivity index (χ3v) is 1.10. The standard InChI is InChI=1S/C5H9N2O/c6-3-5(8)7-4-1-2-4/h4,6H,1-3H2,(H,7,8). The molecule has 8 heavy (non-hydrogen) atoms. The molecule has 1 amide bonds. The summed E-state index contributed by atoms with van der Waals surface area (Å²) in [7, 11) is 0. The number of hydrogen-bond donors (Lipinski definition) is 1. The molecule has 1 aliphatic rings. The van der Waals surface area contributed by atoms with Gasteiger partial charge in [-0.1, -0.05) is 0 Å². The number of hydrogen-bond acceptors (Lipinski definition) is 1. The molecule has 3 heteroatoms. The van der Waals surface area contributed by atoms with Gasteiger partial charge in [0.05, 0.1) is 6.54 Å². The van der Waals surface area contributed by atoms with Gasteiger partial charge in [-0.25, -0.2) is 5.73 Å². The van der Waals surface area contributed by atoms with E-state index in [0.717, 1.165) is 12.8 Å². The van der Waals surface area contributed by atoms with Gasteiger partial charge in [0, 0.05) is 6.04 Å². The summed E-state index contributed by atoms with van der Waals surface area (Å²) in [6, 6.07) is 0.410. The van der Waals surface area contributed by atoms with Gasteiger partial charge >= 0.3 is 0 Å². The predicted octanol–water partition coefficient (Wildman–Crippen LogP) is -0.452. The lowest BCUT2D eigenvalue weighted by Gasteiger charge is -1.95. The van der Waals surface area contributed by atoms with Crippen LogP contribution in [0.15, 0.2) is 0 Å². The quantitative estimate of drug-likeness (QED) is 0.518. The van der Waals surface area contributed by atoms with Gasteiger partial charge in [0.2, 0.25) is 5.91 Å². The second-order valence-corrected chi connectivity index (χ2v) is 2.02. The lowest BCUT2D eigenvalue weighted by molar-refractivity contribution is -0.119. The molecule has 0 bridgehead atoms. The van der Waals surface area contributed by atoms with Crippen LogP contribution in [0.4, 0.5) is 0 Å². The maximum absolute atomic E-state index is 10.4. The molecule has 0 saturated heterocycles. The van der Waals surface area contributed by atoms with Crippen LogP contribution in [0.5, 0.6) is 0 Å². The Labute approximate surface area is 48.2 Å². The minimum atomic E-state index is -0.146. The second kappa shape index (κ2) is 2.13. The highest BCUT2D eigenvalue weighted by molar-refractivity contribution is 5.78. The van der Waals surface area contributed by atoms with E-state index in [9.17, 15) is 4.79 Å². The fourth-order valence-corrected chi connectivity index (χ4v) is 0.506. The van der Waals surface area contributed by atoms with Gasteiger partial charge in [-0.15, -0.1) is 0 Å². The normalized spacial score (nSPS) is 18.1. The van der Waals surface area contributed by atoms with Gasteiger partial charge in [-0.3, -0.25) is 4.79 Å². The lowest BCUT2D eigenvalue weighted by Crippen LogP contribution is -2.28. The van der Waals surface area contributed by atoms with Gasteiger partial charge in [-0.05, 0) is 12.8 Å². The zero-order valence-corrected chi connectivity index (χ0v) is 4.61. The molecule has 0 aliphatic heterocycles. The van der Waals surface area contributed by atoms with Crippen LogP contribution >= 0.6 is 0 Å². The Bertz CT molecular complexity index is 98.6. The Morgan fingerprint density at radius 1 is 1.75 bits per heavy atom. The molecule has 1 fully saturated rings. The van der Waals surface area contributed by atoms with Crippen molar-refractivity contribution >= 4 is 5.91 Å². The van der Waals surface area contributed by atoms with Crippen molar-refractivity contribution in [2.75, 3.05) is 6.54 Å². The number of rotatable bonds is 2. The molecule has 1 rings (SSSR count). The molecule has 45 valence electrons. The first-order chi connectivity index (χ1) is 3.83. The van der Waals surface area contributed by atoms with Crippen LogP contribution in [0.3, 0.4) is 0 Å². The van der Waals surface area contributed by atoms with E-state index in [-0.39, 0.29) is 12.5 Å². The number of carbonyl (C=O) groups is 1. The molecule has 0 heterocycles. The van der Waals surface area contributed by atoms with Gasteiger partial charge in [0.25, 0.3) is 0 Å². The molecule has 0 aromatic carbocycles. The van der Waals surface area contributed by atoms with Gasteiger partial charge in [-0.2, -0.15) is 0 Å². The van der Waals surface area contributed by atoms with Crippen molar-refractivity contribution in [2.24, 2.45) is 0 Å². The smallest absolute Gasteiger partial charge is 0.235 e. The first-order valence-electron chi connectivity index (χ1n) is 2.77. The summed E-state index contributed by atoms with van der Waals surface area (Å²) in [6.45, 7) is -0.128. The number of amides is 1. The van der Waals surface area contributed by atoms with Crippen molar-refractivity contribution in [2.45, 2.75) is 18.9 Å². The highest BCUT2D eigenvalue weighted by Crippen LogP contribution is 2.17. The third kappa shape index (κ3) is 1.50. The lowest BCUT2D eigenvalue weighted by atomic mass is 10.5. The average molecular weight is 113 g/mol. The fraction of sp³-hybridized carbons (Fsp3) is 0.800. The summed E-state index contributed by atoms with van der Waals surface area (Å²) in [6.07, 6.45) is 2.21. The maximum atomic E-state index is 10.4. The summed E-state index contributed by atoms with van der Waals surface area (Å²) >= 11 is 0. The highest BCUT2D eigenvalue weighted by Gasteiger charge is 2.22. The molecular formula is C5H9N2O. The molecule has 0 aromatic rings. The van der Waals surface area contributed by atoms with Crippen LogP contribution in [0.1, 0.15) is 12.8 Å². The monoisotopic (exact) mass is 113 g/mol. The van der Waals surface area contributed by atoms with E-state index in [1.54, 1.807) is 0 Å². The molecule has 0 aromatic heterocycles. The average Bonchev–Trinajstić information content (AvgIpc) is 2.50. The molecule has 0 atom stereocenters. The van der Waals surface area contributed by atoms with Crippen LogP contribution in [0, 0.1) is 0 Å². The zero-order chi connectivity index (χ0) is 5.98. The molecule has 1 saturated carbocycles. The van der Waals surface area contributed by atoms with E-state index in [1.165, 1.54) is 0 Å². The largest absolute Gasteiger partial charge is 0.352 e. The predicted molar refractivity (Wildman–Crippen MR) is 29.1 cm³/mol. The van der Waals surface area contributed by atoms with Gasteiger partial charge in [0.15, 0.2) is 0 Å². The van der Waals surface area contributed by atoms with Crippen LogP contribution in [-0.2, 0) is 4.79 Å². The molecule has 1 aliphatic carbocycles. The Kier molecular flexibility index (Phi) is 1.48. The molecule has 1 radical (unpaired) electrons. The number of carbonyl (C=O) groups excluding carboxylic acids is 1. The van der Waals surface area contributed by atoms with Crippen molar-refractivity contribution in [1.29, 1.82) is 0 Å². The molecule has 0 spiro atoms. The molecule has 0 unspecified atom stereocenters. The topological polar surface area (TPSA) is 52.9 Å². The van der Waals surface area contributed by atoms with E-state index in [4.69, 9.17) is 5.73 Å². The second-order valence-electron chi connectivity index (χ2n) is 2.02. The maximum Gasteiger partial charge on any atom is 0.235 e. The summed E-state index contributed by atoms with van der Waals surface area (Å²) in [4.78, 5) is 10.4. The third-order valence-electron chi connectivity index (χ3n) is 1.10. The fourth-order valence-electron chi connectivity index (χ4n) is 0.506. The summed E-state index contributed by atoms with van der Waals surface area (Å²) in [5, 5.41) is 2.68. The van der Waals surface area contributed by atoms with Crippen molar-refractivity contribution < 1.29 is 4.79 Å². The molecule has 2 N–H and O–H groups in total. The van der Waals surface area contributed by atoms with E-state index in [1.807, 2.05) is 0 Å². The van der Waals surface area contributed by atoms with Crippen molar-refractivity contribution in [3.8, 4) is 0 Å². The van der Waals surface area contributed by atoms with Crippen LogP contribution < -0.4 is 11.1 Å². The van der Waals surface area contributed by atoms with Crippen LogP contribution in [0.2, 0.25) is 0 Å².